The van der Waals surface area contributed by atoms with Gasteiger partial charge >= 0.3 is 0 Å². The molecule has 0 radical (unpaired) electrons. The Labute approximate surface area is 150 Å². The van der Waals surface area contributed by atoms with Crippen LogP contribution >= 0.6 is 11.6 Å². The largest absolute Gasteiger partial charge is 0.455 e. The van der Waals surface area contributed by atoms with Gasteiger partial charge in [0, 0.05) is 29.9 Å². The topological polar surface area (TPSA) is 56.2 Å². The fourth-order valence-electron chi connectivity index (χ4n) is 2.18. The molecule has 0 saturated heterocycles. The zero-order valence-electron chi connectivity index (χ0n) is 13.5. The van der Waals surface area contributed by atoms with Crippen molar-refractivity contribution in [1.29, 1.82) is 0 Å². The maximum atomic E-state index is 12.2. The first kappa shape index (κ1) is 16.8. The lowest BCUT2D eigenvalue weighted by Gasteiger charge is -2.12. The summed E-state index contributed by atoms with van der Waals surface area (Å²) in [5.41, 5.74) is 1.33. The molecule has 6 heteroatoms. The fourth-order valence-corrected chi connectivity index (χ4v) is 2.35. The molecule has 2 aromatic carbocycles. The van der Waals surface area contributed by atoms with Crippen LogP contribution in [0.4, 0.5) is 5.69 Å². The van der Waals surface area contributed by atoms with Crippen LogP contribution in [0.2, 0.25) is 5.02 Å². The third kappa shape index (κ3) is 4.71. The van der Waals surface area contributed by atoms with Gasteiger partial charge in [0.15, 0.2) is 5.75 Å². The van der Waals surface area contributed by atoms with Crippen molar-refractivity contribution in [2.45, 2.75) is 0 Å². The number of carbonyl (C=O) groups excluding carboxylic acids is 1. The third-order valence-corrected chi connectivity index (χ3v) is 3.56. The molecule has 1 N–H and O–H groups in total. The summed E-state index contributed by atoms with van der Waals surface area (Å²) in [5, 5.41) is 7.34. The molecule has 0 atom stereocenters. The lowest BCUT2D eigenvalue weighted by atomic mass is 10.2. The van der Waals surface area contributed by atoms with Gasteiger partial charge in [0.2, 0.25) is 5.91 Å². The van der Waals surface area contributed by atoms with Gasteiger partial charge in [-0.05, 0) is 36.4 Å². The van der Waals surface area contributed by atoms with Crippen molar-refractivity contribution in [2.75, 3.05) is 5.32 Å². The van der Waals surface area contributed by atoms with Crippen molar-refractivity contribution in [3.05, 3.63) is 77.6 Å². The van der Waals surface area contributed by atoms with Crippen LogP contribution in [0.3, 0.4) is 0 Å². The Kier molecular flexibility index (Phi) is 5.16. The number of hydrogen-bond donors (Lipinski definition) is 1. The lowest BCUT2D eigenvalue weighted by molar-refractivity contribution is -0.111. The van der Waals surface area contributed by atoms with Crippen LogP contribution in [-0.2, 0) is 11.8 Å². The van der Waals surface area contributed by atoms with Gasteiger partial charge in [-0.1, -0.05) is 29.8 Å². The van der Waals surface area contributed by atoms with E-state index in [1.165, 1.54) is 6.08 Å². The van der Waals surface area contributed by atoms with Crippen molar-refractivity contribution in [1.82, 2.24) is 9.78 Å². The maximum absolute atomic E-state index is 12.2. The highest BCUT2D eigenvalue weighted by molar-refractivity contribution is 6.31. The smallest absolute Gasteiger partial charge is 0.248 e. The molecular weight excluding hydrogens is 338 g/mol. The van der Waals surface area contributed by atoms with Crippen LogP contribution < -0.4 is 10.1 Å². The zero-order chi connectivity index (χ0) is 17.6. The second-order valence-corrected chi connectivity index (χ2v) is 5.76. The molecule has 0 aliphatic rings. The molecule has 0 unspecified atom stereocenters. The lowest BCUT2D eigenvalue weighted by Crippen LogP contribution is -2.08. The molecule has 0 bridgehead atoms. The Morgan fingerprint density at radius 2 is 2.04 bits per heavy atom. The van der Waals surface area contributed by atoms with Gasteiger partial charge in [-0.3, -0.25) is 9.48 Å². The van der Waals surface area contributed by atoms with E-state index in [2.05, 4.69) is 10.4 Å². The molecule has 25 heavy (non-hydrogen) atoms. The number of carbonyl (C=O) groups is 1. The van der Waals surface area contributed by atoms with E-state index in [1.807, 2.05) is 43.6 Å². The Morgan fingerprint density at radius 1 is 1.24 bits per heavy atom. The van der Waals surface area contributed by atoms with E-state index in [-0.39, 0.29) is 5.91 Å². The van der Waals surface area contributed by atoms with Gasteiger partial charge in [0.1, 0.15) is 5.75 Å². The molecule has 0 fully saturated rings. The zero-order valence-corrected chi connectivity index (χ0v) is 14.3. The van der Waals surface area contributed by atoms with Gasteiger partial charge in [0.25, 0.3) is 0 Å². The van der Waals surface area contributed by atoms with E-state index in [0.717, 1.165) is 5.56 Å². The average Bonchev–Trinajstić information content (AvgIpc) is 3.02. The number of benzene rings is 2. The second-order valence-electron chi connectivity index (χ2n) is 5.33. The van der Waals surface area contributed by atoms with E-state index in [0.29, 0.717) is 22.2 Å². The van der Waals surface area contributed by atoms with Crippen LogP contribution in [0.25, 0.3) is 6.08 Å². The van der Waals surface area contributed by atoms with Crippen LogP contribution in [0, 0.1) is 0 Å². The summed E-state index contributed by atoms with van der Waals surface area (Å²) < 4.78 is 7.49. The molecule has 3 aromatic rings. The molecule has 1 amide bonds. The van der Waals surface area contributed by atoms with E-state index in [1.54, 1.807) is 35.2 Å². The van der Waals surface area contributed by atoms with E-state index < -0.39 is 0 Å². The van der Waals surface area contributed by atoms with Gasteiger partial charge in [0.05, 0.1) is 11.9 Å². The Morgan fingerprint density at radius 3 is 2.76 bits per heavy atom. The van der Waals surface area contributed by atoms with Crippen LogP contribution in [0.1, 0.15) is 5.56 Å². The summed E-state index contributed by atoms with van der Waals surface area (Å²) in [6, 6.07) is 14.4. The standard InChI is InChI=1S/C19H16ClN3O2/c1-23-13-14(12-21-23)7-10-19(24)22-17-11-15(20)8-9-18(17)25-16-5-3-2-4-6-16/h2-13H,1H3,(H,22,24)/b10-7+. The molecule has 126 valence electrons. The molecule has 1 heterocycles. The number of para-hydroxylation sites is 1. The van der Waals surface area contributed by atoms with E-state index >= 15 is 0 Å². The average molecular weight is 354 g/mol. The van der Waals surface area contributed by atoms with Gasteiger partial charge in [-0.2, -0.15) is 5.10 Å². The summed E-state index contributed by atoms with van der Waals surface area (Å²) in [6.45, 7) is 0. The van der Waals surface area contributed by atoms with Crippen molar-refractivity contribution >= 4 is 29.3 Å². The highest BCUT2D eigenvalue weighted by Crippen LogP contribution is 2.32. The first-order valence-electron chi connectivity index (χ1n) is 7.60. The number of hydrogen-bond acceptors (Lipinski definition) is 3. The van der Waals surface area contributed by atoms with Crippen molar-refractivity contribution < 1.29 is 9.53 Å². The van der Waals surface area contributed by atoms with Gasteiger partial charge in [-0.25, -0.2) is 0 Å². The van der Waals surface area contributed by atoms with E-state index in [9.17, 15) is 4.79 Å². The summed E-state index contributed by atoms with van der Waals surface area (Å²) >= 11 is 6.04. The molecule has 5 nitrogen and oxygen atoms in total. The highest BCUT2D eigenvalue weighted by atomic mass is 35.5. The van der Waals surface area contributed by atoms with E-state index in [4.69, 9.17) is 16.3 Å². The van der Waals surface area contributed by atoms with Crippen LogP contribution in [0.15, 0.2) is 67.0 Å². The Balaban J connectivity index is 1.75. The summed E-state index contributed by atoms with van der Waals surface area (Å²) in [4.78, 5) is 12.2. The minimum atomic E-state index is -0.288. The number of aromatic nitrogens is 2. The highest BCUT2D eigenvalue weighted by Gasteiger charge is 2.08. The summed E-state index contributed by atoms with van der Waals surface area (Å²) in [7, 11) is 1.82. The fraction of sp³-hybridized carbons (Fsp3) is 0.0526. The number of rotatable bonds is 5. The van der Waals surface area contributed by atoms with Crippen LogP contribution in [-0.4, -0.2) is 15.7 Å². The predicted octanol–water partition coefficient (Wildman–Crippen LogP) is 4.52. The normalized spacial score (nSPS) is 10.8. The quantitative estimate of drug-likeness (QED) is 0.686. The minimum absolute atomic E-state index is 0.288. The number of nitrogens with one attached hydrogen (secondary N) is 1. The summed E-state index contributed by atoms with van der Waals surface area (Å²) in [5.74, 6) is 0.897. The van der Waals surface area contributed by atoms with Crippen LogP contribution in [0.5, 0.6) is 11.5 Å². The first-order valence-corrected chi connectivity index (χ1v) is 7.98. The van der Waals surface area contributed by atoms with Crippen molar-refractivity contribution in [3.63, 3.8) is 0 Å². The second kappa shape index (κ2) is 7.68. The third-order valence-electron chi connectivity index (χ3n) is 3.32. The molecular formula is C19H16ClN3O2. The van der Waals surface area contributed by atoms with Crippen molar-refractivity contribution in [2.24, 2.45) is 7.05 Å². The molecule has 0 spiro atoms. The number of nitrogens with zero attached hydrogens (tertiary/aromatic N) is 2. The minimum Gasteiger partial charge on any atom is -0.455 e. The van der Waals surface area contributed by atoms with Gasteiger partial charge in [-0.15, -0.1) is 0 Å². The molecule has 3 rings (SSSR count). The summed E-state index contributed by atoms with van der Waals surface area (Å²) in [6.07, 6.45) is 6.61. The number of anilines is 1. The number of aryl methyl sites for hydroxylation is 1. The van der Waals surface area contributed by atoms with Crippen molar-refractivity contribution in [3.8, 4) is 11.5 Å². The molecule has 1 aromatic heterocycles. The number of halogens is 1. The predicted molar refractivity (Wildman–Crippen MR) is 98.8 cm³/mol. The Bertz CT molecular complexity index is 904. The monoisotopic (exact) mass is 353 g/mol. The SMILES string of the molecule is Cn1cc(/C=C/C(=O)Nc2cc(Cl)ccc2Oc2ccccc2)cn1. The Hall–Kier alpha value is -3.05. The molecule has 0 aliphatic carbocycles. The molecule has 0 aliphatic heterocycles. The number of amides is 1. The first-order chi connectivity index (χ1) is 12.1. The van der Waals surface area contributed by atoms with Gasteiger partial charge < -0.3 is 10.1 Å². The number of ether oxygens (including phenoxy) is 1. The molecule has 0 saturated carbocycles. The maximum Gasteiger partial charge on any atom is 0.248 e.